The molecular weight excluding hydrogens is 253 g/mol. The lowest BCUT2D eigenvalue weighted by Gasteiger charge is -2.13. The highest BCUT2D eigenvalue weighted by atomic mass is 35.5. The minimum absolute atomic E-state index is 0.213. The van der Waals surface area contributed by atoms with Crippen molar-refractivity contribution in [2.75, 3.05) is 5.88 Å². The Kier molecular flexibility index (Phi) is 4.31. The highest BCUT2D eigenvalue weighted by Gasteiger charge is 2.13. The minimum Gasteiger partial charge on any atom is -0.253 e. The largest absolute Gasteiger partial charge is 0.253 e. The Bertz CT molecular complexity index is 495. The lowest BCUT2D eigenvalue weighted by atomic mass is 9.97. The zero-order chi connectivity index (χ0) is 13.0. The first-order chi connectivity index (χ1) is 8.69. The van der Waals surface area contributed by atoms with Crippen LogP contribution in [-0.4, -0.2) is 20.6 Å². The average molecular weight is 268 g/mol. The number of rotatable bonds is 5. The predicted molar refractivity (Wildman–Crippen MR) is 69.0 cm³/mol. The van der Waals surface area contributed by atoms with Crippen LogP contribution in [0.15, 0.2) is 30.6 Å². The number of benzene rings is 1. The number of hydrogen-bond donors (Lipinski definition) is 0. The van der Waals surface area contributed by atoms with Gasteiger partial charge in [-0.1, -0.05) is 12.1 Å². The molecule has 2 rings (SSSR count). The summed E-state index contributed by atoms with van der Waals surface area (Å²) in [6.07, 6.45) is 3.13. The Labute approximate surface area is 111 Å². The van der Waals surface area contributed by atoms with Crippen LogP contribution in [0, 0.1) is 11.7 Å². The topological polar surface area (TPSA) is 30.7 Å². The van der Waals surface area contributed by atoms with E-state index in [1.165, 1.54) is 12.1 Å². The zero-order valence-electron chi connectivity index (χ0n) is 10.2. The molecule has 1 unspecified atom stereocenters. The molecule has 0 saturated heterocycles. The zero-order valence-corrected chi connectivity index (χ0v) is 10.9. The van der Waals surface area contributed by atoms with E-state index in [1.807, 2.05) is 7.05 Å². The normalized spacial score (nSPS) is 12.6. The van der Waals surface area contributed by atoms with Crippen LogP contribution in [0.3, 0.4) is 0 Å². The maximum absolute atomic E-state index is 12.8. The third-order valence-corrected chi connectivity index (χ3v) is 3.37. The van der Waals surface area contributed by atoms with E-state index in [0.29, 0.717) is 5.88 Å². The molecule has 0 aliphatic heterocycles. The van der Waals surface area contributed by atoms with Crippen molar-refractivity contribution in [3.05, 3.63) is 47.8 Å². The van der Waals surface area contributed by atoms with E-state index >= 15 is 0 Å². The average Bonchev–Trinajstić information content (AvgIpc) is 2.77. The Balaban J connectivity index is 2.01. The third-order valence-electron chi connectivity index (χ3n) is 2.93. The van der Waals surface area contributed by atoms with Crippen LogP contribution in [0.2, 0.25) is 0 Å². The molecule has 0 radical (unpaired) electrons. The van der Waals surface area contributed by atoms with Crippen LogP contribution in [0.25, 0.3) is 0 Å². The second-order valence-electron chi connectivity index (χ2n) is 4.35. The first-order valence-corrected chi connectivity index (χ1v) is 6.35. The minimum atomic E-state index is -0.213. The van der Waals surface area contributed by atoms with Crippen molar-refractivity contribution in [3.63, 3.8) is 0 Å². The summed E-state index contributed by atoms with van der Waals surface area (Å²) in [7, 11) is 1.87. The molecule has 0 aliphatic rings. The van der Waals surface area contributed by atoms with Crippen LogP contribution < -0.4 is 0 Å². The van der Waals surface area contributed by atoms with Crippen molar-refractivity contribution < 1.29 is 4.39 Å². The van der Waals surface area contributed by atoms with E-state index in [9.17, 15) is 4.39 Å². The second kappa shape index (κ2) is 5.96. The number of aryl methyl sites for hydroxylation is 1. The van der Waals surface area contributed by atoms with E-state index in [0.717, 1.165) is 24.2 Å². The fourth-order valence-corrected chi connectivity index (χ4v) is 2.12. The molecule has 18 heavy (non-hydrogen) atoms. The molecule has 96 valence electrons. The van der Waals surface area contributed by atoms with Gasteiger partial charge in [0, 0.05) is 19.3 Å². The summed E-state index contributed by atoms with van der Waals surface area (Å²) in [6, 6.07) is 6.54. The molecule has 1 atom stereocenters. The first-order valence-electron chi connectivity index (χ1n) is 5.82. The van der Waals surface area contributed by atoms with Crippen molar-refractivity contribution in [2.24, 2.45) is 13.0 Å². The van der Waals surface area contributed by atoms with E-state index in [2.05, 4.69) is 10.1 Å². The Hall–Kier alpha value is -1.42. The van der Waals surface area contributed by atoms with Gasteiger partial charge in [0.1, 0.15) is 18.0 Å². The van der Waals surface area contributed by atoms with Gasteiger partial charge in [-0.2, -0.15) is 5.10 Å². The maximum atomic E-state index is 12.8. The van der Waals surface area contributed by atoms with Gasteiger partial charge in [0.05, 0.1) is 0 Å². The highest BCUT2D eigenvalue weighted by Crippen LogP contribution is 2.15. The number of halogens is 2. The molecule has 0 saturated carbocycles. The molecule has 5 heteroatoms. The van der Waals surface area contributed by atoms with Gasteiger partial charge in [-0.25, -0.2) is 9.37 Å². The Morgan fingerprint density at radius 1 is 1.28 bits per heavy atom. The highest BCUT2D eigenvalue weighted by molar-refractivity contribution is 6.18. The summed E-state index contributed by atoms with van der Waals surface area (Å²) in [5.74, 6) is 1.53. The third kappa shape index (κ3) is 3.29. The lowest BCUT2D eigenvalue weighted by Crippen LogP contribution is -2.13. The summed E-state index contributed by atoms with van der Waals surface area (Å²) in [6.45, 7) is 0. The second-order valence-corrected chi connectivity index (χ2v) is 4.66. The van der Waals surface area contributed by atoms with Gasteiger partial charge in [0.15, 0.2) is 0 Å². The van der Waals surface area contributed by atoms with Crippen LogP contribution in [0.4, 0.5) is 4.39 Å². The van der Waals surface area contributed by atoms with Gasteiger partial charge in [0.2, 0.25) is 0 Å². The van der Waals surface area contributed by atoms with Gasteiger partial charge in [-0.3, -0.25) is 4.68 Å². The van der Waals surface area contributed by atoms with Gasteiger partial charge in [-0.05, 0) is 30.0 Å². The molecule has 0 fully saturated rings. The fourth-order valence-electron chi connectivity index (χ4n) is 1.90. The smallest absolute Gasteiger partial charge is 0.138 e. The summed E-state index contributed by atoms with van der Waals surface area (Å²) in [5, 5.41) is 4.04. The van der Waals surface area contributed by atoms with E-state index in [-0.39, 0.29) is 11.7 Å². The van der Waals surface area contributed by atoms with Gasteiger partial charge in [0.25, 0.3) is 0 Å². The van der Waals surface area contributed by atoms with Crippen molar-refractivity contribution in [2.45, 2.75) is 12.8 Å². The van der Waals surface area contributed by atoms with Crippen LogP contribution in [0.5, 0.6) is 0 Å². The monoisotopic (exact) mass is 267 g/mol. The fraction of sp³-hybridized carbons (Fsp3) is 0.385. The number of hydrogen-bond acceptors (Lipinski definition) is 2. The van der Waals surface area contributed by atoms with Crippen LogP contribution in [0.1, 0.15) is 11.4 Å². The summed E-state index contributed by atoms with van der Waals surface area (Å²) < 4.78 is 14.6. The number of nitrogens with zero attached hydrogens (tertiary/aromatic N) is 3. The molecule has 3 nitrogen and oxygen atoms in total. The Morgan fingerprint density at radius 2 is 2.00 bits per heavy atom. The van der Waals surface area contributed by atoms with E-state index in [1.54, 1.807) is 23.1 Å². The van der Waals surface area contributed by atoms with E-state index < -0.39 is 0 Å². The van der Waals surface area contributed by atoms with Crippen molar-refractivity contribution in [1.82, 2.24) is 14.8 Å². The lowest BCUT2D eigenvalue weighted by molar-refractivity contribution is 0.541. The van der Waals surface area contributed by atoms with Crippen molar-refractivity contribution >= 4 is 11.6 Å². The predicted octanol–water partition coefficient (Wildman–Crippen LogP) is 2.59. The molecule has 2 aromatic rings. The summed E-state index contributed by atoms with van der Waals surface area (Å²) in [4.78, 5) is 4.19. The quantitative estimate of drug-likeness (QED) is 0.780. The molecule has 0 spiro atoms. The van der Waals surface area contributed by atoms with Crippen molar-refractivity contribution in [1.29, 1.82) is 0 Å². The molecule has 1 heterocycles. The maximum Gasteiger partial charge on any atom is 0.138 e. The molecular formula is C13H15ClFN3. The molecule has 0 aliphatic carbocycles. The van der Waals surface area contributed by atoms with Gasteiger partial charge in [-0.15, -0.1) is 11.6 Å². The summed E-state index contributed by atoms with van der Waals surface area (Å²) in [5.41, 5.74) is 1.09. The summed E-state index contributed by atoms with van der Waals surface area (Å²) >= 11 is 5.99. The van der Waals surface area contributed by atoms with Crippen LogP contribution >= 0.6 is 11.6 Å². The van der Waals surface area contributed by atoms with Crippen molar-refractivity contribution in [3.8, 4) is 0 Å². The molecule has 1 aromatic carbocycles. The number of aromatic nitrogens is 3. The molecule has 0 bridgehead atoms. The Morgan fingerprint density at radius 3 is 2.56 bits per heavy atom. The van der Waals surface area contributed by atoms with E-state index in [4.69, 9.17) is 11.6 Å². The van der Waals surface area contributed by atoms with Crippen LogP contribution in [-0.2, 0) is 19.9 Å². The first kappa shape index (κ1) is 13.0. The van der Waals surface area contributed by atoms with Gasteiger partial charge < -0.3 is 0 Å². The molecule has 1 aromatic heterocycles. The SMILES string of the molecule is Cn1ncnc1CC(CCl)Cc1ccc(F)cc1. The number of alkyl halides is 1. The van der Waals surface area contributed by atoms with Gasteiger partial charge >= 0.3 is 0 Å². The molecule has 0 amide bonds. The standard InChI is InChI=1S/C13H15ClFN3/c1-18-13(16-9-17-18)7-11(8-14)6-10-2-4-12(15)5-3-10/h2-5,9,11H,6-8H2,1H3. The molecule has 0 N–H and O–H groups in total.